The number of carbonyl (C=O) groups is 1. The van der Waals surface area contributed by atoms with Crippen LogP contribution >= 0.6 is 0 Å². The third-order valence-electron chi connectivity index (χ3n) is 3.45. The number of hydrogen-bond acceptors (Lipinski definition) is 1. The average Bonchev–Trinajstić information content (AvgIpc) is 2.21. The summed E-state index contributed by atoms with van der Waals surface area (Å²) in [4.78, 5) is 11.0. The van der Waals surface area contributed by atoms with Crippen molar-refractivity contribution in [1.29, 1.82) is 0 Å². The molecule has 0 spiro atoms. The molecule has 0 fully saturated rings. The highest BCUT2D eigenvalue weighted by Gasteiger charge is 2.18. The molecule has 1 N–H and O–H groups in total. The number of carboxylic acid groups (broad SMARTS) is 1. The Morgan fingerprint density at radius 3 is 2.94 bits per heavy atom. The number of rotatable bonds is 5. The van der Waals surface area contributed by atoms with Gasteiger partial charge in [0.2, 0.25) is 0 Å². The predicted molar refractivity (Wildman–Crippen MR) is 66.4 cm³/mol. The summed E-state index contributed by atoms with van der Waals surface area (Å²) >= 11 is 0. The van der Waals surface area contributed by atoms with Crippen molar-refractivity contribution in [2.24, 2.45) is 5.92 Å². The van der Waals surface area contributed by atoms with Crippen LogP contribution in [0.2, 0.25) is 0 Å². The Kier molecular flexibility index (Phi) is 6.20. The van der Waals surface area contributed by atoms with Gasteiger partial charge in [-0.1, -0.05) is 31.4 Å². The number of unbranched alkanes of at least 4 members (excludes halogenated alkanes) is 2. The fraction of sp³-hybridized carbons (Fsp3) is 0.786. The van der Waals surface area contributed by atoms with E-state index in [2.05, 4.69) is 13.0 Å². The normalized spacial score (nSPS) is 22.1. The van der Waals surface area contributed by atoms with Gasteiger partial charge in [0, 0.05) is 0 Å². The van der Waals surface area contributed by atoms with E-state index in [1.165, 1.54) is 31.3 Å². The smallest absolute Gasteiger partial charge is 0.306 e. The second-order valence-electron chi connectivity index (χ2n) is 4.82. The van der Waals surface area contributed by atoms with E-state index < -0.39 is 5.97 Å². The topological polar surface area (TPSA) is 37.3 Å². The monoisotopic (exact) mass is 224 g/mol. The van der Waals surface area contributed by atoms with Gasteiger partial charge in [-0.25, -0.2) is 0 Å². The van der Waals surface area contributed by atoms with E-state index >= 15 is 0 Å². The van der Waals surface area contributed by atoms with Gasteiger partial charge in [0.15, 0.2) is 0 Å². The zero-order chi connectivity index (χ0) is 11.8. The molecule has 0 bridgehead atoms. The molecule has 0 radical (unpaired) electrons. The zero-order valence-corrected chi connectivity index (χ0v) is 10.4. The van der Waals surface area contributed by atoms with Crippen LogP contribution in [-0.4, -0.2) is 11.1 Å². The van der Waals surface area contributed by atoms with E-state index in [4.69, 9.17) is 5.11 Å². The molecule has 0 aromatic heterocycles. The summed E-state index contributed by atoms with van der Waals surface area (Å²) in [5.41, 5.74) is 1.50. The van der Waals surface area contributed by atoms with Crippen molar-refractivity contribution < 1.29 is 9.90 Å². The number of aliphatic carboxylic acids is 1. The lowest BCUT2D eigenvalue weighted by atomic mass is 9.89. The minimum Gasteiger partial charge on any atom is -0.481 e. The molecule has 16 heavy (non-hydrogen) atoms. The molecule has 0 amide bonds. The summed E-state index contributed by atoms with van der Waals surface area (Å²) in [5, 5.41) is 9.04. The third kappa shape index (κ3) is 4.82. The van der Waals surface area contributed by atoms with Crippen molar-refractivity contribution in [3.63, 3.8) is 0 Å². The van der Waals surface area contributed by atoms with Gasteiger partial charge in [-0.3, -0.25) is 4.79 Å². The Labute approximate surface area is 98.7 Å². The third-order valence-corrected chi connectivity index (χ3v) is 3.45. The fourth-order valence-corrected chi connectivity index (χ4v) is 2.35. The SMILES string of the molecule is CCCCCC1=CCCCC(C(=O)O)CC1. The van der Waals surface area contributed by atoms with E-state index in [9.17, 15) is 4.79 Å². The van der Waals surface area contributed by atoms with E-state index in [0.29, 0.717) is 0 Å². The highest BCUT2D eigenvalue weighted by atomic mass is 16.4. The predicted octanol–water partition coefficient (Wildman–Crippen LogP) is 4.16. The minimum atomic E-state index is -0.602. The van der Waals surface area contributed by atoms with E-state index in [1.807, 2.05) is 0 Å². The summed E-state index contributed by atoms with van der Waals surface area (Å²) in [6, 6.07) is 0. The standard InChI is InChI=1S/C14H24O2/c1-2-3-4-7-12-8-5-6-9-13(11-10-12)14(15)16/h8,13H,2-7,9-11H2,1H3,(H,15,16). The first kappa shape index (κ1) is 13.3. The maximum Gasteiger partial charge on any atom is 0.306 e. The molecule has 1 atom stereocenters. The summed E-state index contributed by atoms with van der Waals surface area (Å²) in [6.07, 6.45) is 12.2. The van der Waals surface area contributed by atoms with Crippen LogP contribution in [0.25, 0.3) is 0 Å². The fourth-order valence-electron chi connectivity index (χ4n) is 2.35. The summed E-state index contributed by atoms with van der Waals surface area (Å²) in [5.74, 6) is -0.704. The average molecular weight is 224 g/mol. The van der Waals surface area contributed by atoms with Crippen molar-refractivity contribution in [3.8, 4) is 0 Å². The van der Waals surface area contributed by atoms with Gasteiger partial charge in [-0.05, 0) is 44.9 Å². The molecule has 2 heteroatoms. The first-order chi connectivity index (χ1) is 7.74. The molecular weight excluding hydrogens is 200 g/mol. The van der Waals surface area contributed by atoms with Crippen LogP contribution in [0.1, 0.15) is 64.7 Å². The Bertz CT molecular complexity index is 243. The van der Waals surface area contributed by atoms with Crippen molar-refractivity contribution in [2.45, 2.75) is 64.7 Å². The minimum absolute atomic E-state index is 0.102. The van der Waals surface area contributed by atoms with Gasteiger partial charge in [-0.2, -0.15) is 0 Å². The largest absolute Gasteiger partial charge is 0.481 e. The van der Waals surface area contributed by atoms with Crippen molar-refractivity contribution in [2.75, 3.05) is 0 Å². The van der Waals surface area contributed by atoms with Crippen LogP contribution in [0.3, 0.4) is 0 Å². The molecule has 1 aliphatic rings. The van der Waals surface area contributed by atoms with Crippen LogP contribution in [0.15, 0.2) is 11.6 Å². The van der Waals surface area contributed by atoms with Gasteiger partial charge < -0.3 is 5.11 Å². The molecule has 1 aliphatic carbocycles. The Morgan fingerprint density at radius 1 is 1.44 bits per heavy atom. The van der Waals surface area contributed by atoms with Crippen LogP contribution < -0.4 is 0 Å². The molecule has 1 rings (SSSR count). The molecule has 0 heterocycles. The Balaban J connectivity index is 2.38. The van der Waals surface area contributed by atoms with Gasteiger partial charge in [-0.15, -0.1) is 0 Å². The number of allylic oxidation sites excluding steroid dienone is 2. The van der Waals surface area contributed by atoms with Crippen molar-refractivity contribution in [3.05, 3.63) is 11.6 Å². The lowest BCUT2D eigenvalue weighted by Gasteiger charge is -2.16. The molecule has 0 saturated carbocycles. The molecule has 92 valence electrons. The Hall–Kier alpha value is -0.790. The molecule has 2 nitrogen and oxygen atoms in total. The van der Waals surface area contributed by atoms with E-state index in [0.717, 1.165) is 32.1 Å². The molecular formula is C14H24O2. The first-order valence-corrected chi connectivity index (χ1v) is 6.64. The summed E-state index contributed by atoms with van der Waals surface area (Å²) in [6.45, 7) is 2.22. The summed E-state index contributed by atoms with van der Waals surface area (Å²) < 4.78 is 0. The highest BCUT2D eigenvalue weighted by Crippen LogP contribution is 2.25. The Morgan fingerprint density at radius 2 is 2.25 bits per heavy atom. The number of carboxylic acids is 1. The zero-order valence-electron chi connectivity index (χ0n) is 10.4. The maximum atomic E-state index is 11.0. The summed E-state index contributed by atoms with van der Waals surface area (Å²) in [7, 11) is 0. The first-order valence-electron chi connectivity index (χ1n) is 6.64. The molecule has 0 aromatic rings. The van der Waals surface area contributed by atoms with Crippen LogP contribution in [-0.2, 0) is 4.79 Å². The lowest BCUT2D eigenvalue weighted by Crippen LogP contribution is -2.14. The highest BCUT2D eigenvalue weighted by molar-refractivity contribution is 5.69. The molecule has 0 aromatic carbocycles. The molecule has 0 saturated heterocycles. The lowest BCUT2D eigenvalue weighted by molar-refractivity contribution is -0.142. The van der Waals surface area contributed by atoms with Gasteiger partial charge in [0.1, 0.15) is 0 Å². The van der Waals surface area contributed by atoms with Crippen LogP contribution in [0, 0.1) is 5.92 Å². The maximum absolute atomic E-state index is 11.0. The van der Waals surface area contributed by atoms with E-state index in [-0.39, 0.29) is 5.92 Å². The van der Waals surface area contributed by atoms with Crippen LogP contribution in [0.5, 0.6) is 0 Å². The van der Waals surface area contributed by atoms with Crippen LogP contribution in [0.4, 0.5) is 0 Å². The van der Waals surface area contributed by atoms with Gasteiger partial charge >= 0.3 is 5.97 Å². The number of hydrogen-bond donors (Lipinski definition) is 1. The molecule has 1 unspecified atom stereocenters. The van der Waals surface area contributed by atoms with Gasteiger partial charge in [0.05, 0.1) is 5.92 Å². The second kappa shape index (κ2) is 7.48. The van der Waals surface area contributed by atoms with Crippen molar-refractivity contribution in [1.82, 2.24) is 0 Å². The molecule has 0 aliphatic heterocycles. The second-order valence-corrected chi connectivity index (χ2v) is 4.82. The quantitative estimate of drug-likeness (QED) is 0.562. The van der Waals surface area contributed by atoms with Crippen molar-refractivity contribution >= 4 is 5.97 Å². The van der Waals surface area contributed by atoms with E-state index in [1.54, 1.807) is 0 Å². The van der Waals surface area contributed by atoms with Gasteiger partial charge in [0.25, 0.3) is 0 Å².